The molecule has 6 nitrogen and oxygen atoms in total. The van der Waals surface area contributed by atoms with Crippen LogP contribution in [0, 0.1) is 0 Å². The van der Waals surface area contributed by atoms with Crippen molar-refractivity contribution in [2.75, 3.05) is 27.4 Å². The first-order chi connectivity index (χ1) is 13.1. The number of fused-ring (bicyclic) bond motifs is 1. The minimum atomic E-state index is -0.202. The third kappa shape index (κ3) is 2.96. The van der Waals surface area contributed by atoms with Crippen LogP contribution in [-0.2, 0) is 0 Å². The van der Waals surface area contributed by atoms with Crippen LogP contribution in [0.1, 0.15) is 45.2 Å². The Morgan fingerprint density at radius 2 is 1.74 bits per heavy atom. The third-order valence-corrected chi connectivity index (χ3v) is 5.54. The minimum Gasteiger partial charge on any atom is -0.497 e. The van der Waals surface area contributed by atoms with E-state index in [1.807, 2.05) is 18.2 Å². The van der Waals surface area contributed by atoms with Gasteiger partial charge in [0.05, 0.1) is 37.5 Å². The van der Waals surface area contributed by atoms with E-state index in [1.54, 1.807) is 38.5 Å². The number of rotatable bonds is 5. The molecule has 2 aromatic rings. The van der Waals surface area contributed by atoms with Gasteiger partial charge in [-0.05, 0) is 30.3 Å². The molecule has 0 aromatic heterocycles. The predicted octanol–water partition coefficient (Wildman–Crippen LogP) is 1.68. The molecule has 0 bridgehead atoms. The standard InChI is InChI=1S/C21H22N2O4/c1-26-14-9-10-19(27-2)17(12-14)18-8-5-11-22(18)13-23-20(24)15-6-3-4-7-16(15)21(23)25/h3-4,6-7,9-10,12,18H,5,8,11,13H2,1-2H3/p+1/t18-/m0/s1. The number of benzene rings is 2. The Morgan fingerprint density at radius 3 is 2.37 bits per heavy atom. The van der Waals surface area contributed by atoms with Gasteiger partial charge in [0, 0.05) is 12.8 Å². The number of hydrogen-bond acceptors (Lipinski definition) is 4. The van der Waals surface area contributed by atoms with Crippen LogP contribution < -0.4 is 14.4 Å². The van der Waals surface area contributed by atoms with Gasteiger partial charge in [-0.2, -0.15) is 0 Å². The highest BCUT2D eigenvalue weighted by atomic mass is 16.5. The number of nitrogens with one attached hydrogen (secondary N) is 1. The summed E-state index contributed by atoms with van der Waals surface area (Å²) in [6.07, 6.45) is 2.01. The number of carbonyl (C=O) groups is 2. The molecule has 2 heterocycles. The van der Waals surface area contributed by atoms with Gasteiger partial charge in [-0.25, -0.2) is 4.90 Å². The van der Waals surface area contributed by atoms with E-state index in [0.717, 1.165) is 36.4 Å². The van der Waals surface area contributed by atoms with E-state index >= 15 is 0 Å². The molecule has 2 atom stereocenters. The Bertz CT molecular complexity index is 861. The van der Waals surface area contributed by atoms with Gasteiger partial charge >= 0.3 is 0 Å². The Kier molecular flexibility index (Phi) is 4.58. The molecule has 1 N–H and O–H groups in total. The van der Waals surface area contributed by atoms with Crippen LogP contribution in [0.15, 0.2) is 42.5 Å². The highest BCUT2D eigenvalue weighted by Gasteiger charge is 2.41. The summed E-state index contributed by atoms with van der Waals surface area (Å²) in [4.78, 5) is 28.0. The summed E-state index contributed by atoms with van der Waals surface area (Å²) in [7, 11) is 3.30. The van der Waals surface area contributed by atoms with Gasteiger partial charge in [0.25, 0.3) is 11.8 Å². The van der Waals surface area contributed by atoms with Crippen molar-refractivity contribution in [2.45, 2.75) is 18.9 Å². The van der Waals surface area contributed by atoms with Crippen molar-refractivity contribution in [3.63, 3.8) is 0 Å². The maximum Gasteiger partial charge on any atom is 0.265 e. The first kappa shape index (κ1) is 17.5. The Labute approximate surface area is 158 Å². The van der Waals surface area contributed by atoms with Gasteiger partial charge in [-0.3, -0.25) is 9.59 Å². The van der Waals surface area contributed by atoms with Gasteiger partial charge in [0.1, 0.15) is 17.5 Å². The summed E-state index contributed by atoms with van der Waals surface area (Å²) in [5.74, 6) is 1.18. The SMILES string of the molecule is COc1ccc(OC)c([C@@H]2CCC[NH+]2CN2C(=O)c3ccccc3C2=O)c1. The minimum absolute atomic E-state index is 0.152. The molecule has 0 aliphatic carbocycles. The molecule has 4 rings (SSSR count). The maximum atomic E-state index is 12.7. The number of hydrogen-bond donors (Lipinski definition) is 1. The number of quaternary nitrogens is 1. The van der Waals surface area contributed by atoms with E-state index < -0.39 is 0 Å². The van der Waals surface area contributed by atoms with Gasteiger partial charge in [0.15, 0.2) is 6.67 Å². The van der Waals surface area contributed by atoms with Crippen LogP contribution in [0.5, 0.6) is 11.5 Å². The summed E-state index contributed by atoms with van der Waals surface area (Å²) < 4.78 is 10.9. The lowest BCUT2D eigenvalue weighted by atomic mass is 10.0. The lowest BCUT2D eigenvalue weighted by molar-refractivity contribution is -0.925. The first-order valence-corrected chi connectivity index (χ1v) is 9.15. The fraction of sp³-hybridized carbons (Fsp3) is 0.333. The van der Waals surface area contributed by atoms with Gasteiger partial charge in [-0.15, -0.1) is 0 Å². The second-order valence-corrected chi connectivity index (χ2v) is 6.95. The lowest BCUT2D eigenvalue weighted by Gasteiger charge is -2.26. The fourth-order valence-corrected chi connectivity index (χ4v) is 4.17. The molecular weight excluding hydrogens is 344 g/mol. The van der Waals surface area contributed by atoms with Crippen molar-refractivity contribution in [3.05, 3.63) is 59.2 Å². The van der Waals surface area contributed by atoms with Crippen LogP contribution in [0.4, 0.5) is 0 Å². The molecule has 6 heteroatoms. The molecule has 27 heavy (non-hydrogen) atoms. The molecule has 140 valence electrons. The average molecular weight is 367 g/mol. The summed E-state index contributed by atoms with van der Waals surface area (Å²) in [5, 5.41) is 0. The lowest BCUT2D eigenvalue weighted by Crippen LogP contribution is -3.12. The second kappa shape index (κ2) is 7.04. The predicted molar refractivity (Wildman–Crippen MR) is 99.2 cm³/mol. The van der Waals surface area contributed by atoms with Crippen LogP contribution >= 0.6 is 0 Å². The number of imide groups is 1. The Hall–Kier alpha value is -2.86. The monoisotopic (exact) mass is 367 g/mol. The molecule has 2 aliphatic heterocycles. The van der Waals surface area contributed by atoms with E-state index in [0.29, 0.717) is 17.8 Å². The van der Waals surface area contributed by atoms with E-state index in [-0.39, 0.29) is 17.9 Å². The summed E-state index contributed by atoms with van der Waals surface area (Å²) >= 11 is 0. The van der Waals surface area contributed by atoms with Crippen molar-refractivity contribution >= 4 is 11.8 Å². The maximum absolute atomic E-state index is 12.7. The largest absolute Gasteiger partial charge is 0.497 e. The average Bonchev–Trinajstić information content (AvgIpc) is 3.26. The molecule has 0 spiro atoms. The van der Waals surface area contributed by atoms with Crippen molar-refractivity contribution in [1.29, 1.82) is 0 Å². The summed E-state index contributed by atoms with van der Waals surface area (Å²) in [6.45, 7) is 1.26. The molecule has 1 fully saturated rings. The zero-order chi connectivity index (χ0) is 19.0. The first-order valence-electron chi connectivity index (χ1n) is 9.15. The number of likely N-dealkylation sites (tertiary alicyclic amines) is 1. The molecular formula is C21H23N2O4+. The molecule has 0 saturated carbocycles. The fourth-order valence-electron chi connectivity index (χ4n) is 4.17. The van der Waals surface area contributed by atoms with Gasteiger partial charge in [0.2, 0.25) is 0 Å². The zero-order valence-electron chi connectivity index (χ0n) is 15.5. The molecule has 1 saturated heterocycles. The zero-order valence-corrected chi connectivity index (χ0v) is 15.5. The second-order valence-electron chi connectivity index (χ2n) is 6.95. The van der Waals surface area contributed by atoms with Gasteiger partial charge in [-0.1, -0.05) is 12.1 Å². The van der Waals surface area contributed by atoms with Crippen molar-refractivity contribution in [3.8, 4) is 11.5 Å². The van der Waals surface area contributed by atoms with Crippen molar-refractivity contribution in [1.82, 2.24) is 4.90 Å². The summed E-state index contributed by atoms with van der Waals surface area (Å²) in [5.41, 5.74) is 2.05. The number of methoxy groups -OCH3 is 2. The number of carbonyl (C=O) groups excluding carboxylic acids is 2. The molecule has 2 amide bonds. The van der Waals surface area contributed by atoms with E-state index in [4.69, 9.17) is 9.47 Å². The molecule has 2 aliphatic rings. The summed E-state index contributed by atoms with van der Waals surface area (Å²) in [6, 6.07) is 13.0. The number of nitrogens with zero attached hydrogens (tertiary/aromatic N) is 1. The smallest absolute Gasteiger partial charge is 0.265 e. The van der Waals surface area contributed by atoms with E-state index in [2.05, 4.69) is 0 Å². The van der Waals surface area contributed by atoms with Crippen LogP contribution in [0.25, 0.3) is 0 Å². The normalized spacial score (nSPS) is 21.5. The van der Waals surface area contributed by atoms with Crippen molar-refractivity contribution in [2.24, 2.45) is 0 Å². The van der Waals surface area contributed by atoms with Crippen molar-refractivity contribution < 1.29 is 24.0 Å². The third-order valence-electron chi connectivity index (χ3n) is 5.54. The van der Waals surface area contributed by atoms with Gasteiger partial charge < -0.3 is 14.4 Å². The molecule has 0 radical (unpaired) electrons. The topological polar surface area (TPSA) is 60.3 Å². The highest BCUT2D eigenvalue weighted by molar-refractivity contribution is 6.21. The van der Waals surface area contributed by atoms with E-state index in [1.165, 1.54) is 9.80 Å². The number of amides is 2. The Balaban J connectivity index is 1.60. The van der Waals surface area contributed by atoms with Crippen LogP contribution in [0.2, 0.25) is 0 Å². The quantitative estimate of drug-likeness (QED) is 0.817. The number of ether oxygens (including phenoxy) is 2. The molecule has 2 aromatic carbocycles. The highest BCUT2D eigenvalue weighted by Crippen LogP contribution is 2.32. The van der Waals surface area contributed by atoms with Crippen LogP contribution in [0.3, 0.4) is 0 Å². The Morgan fingerprint density at radius 1 is 1.04 bits per heavy atom. The van der Waals surface area contributed by atoms with E-state index in [9.17, 15) is 9.59 Å². The molecule has 1 unspecified atom stereocenters. The van der Waals surface area contributed by atoms with Crippen LogP contribution in [-0.4, -0.2) is 44.1 Å².